The van der Waals surface area contributed by atoms with Gasteiger partial charge in [0.05, 0.1) is 12.2 Å². The fourth-order valence-corrected chi connectivity index (χ4v) is 4.79. The fourth-order valence-electron chi connectivity index (χ4n) is 4.79. The molecule has 2 aromatic rings. The van der Waals surface area contributed by atoms with Crippen LogP contribution >= 0.6 is 0 Å². The molecule has 0 aliphatic carbocycles. The van der Waals surface area contributed by atoms with Gasteiger partial charge >= 0.3 is 0 Å². The van der Waals surface area contributed by atoms with Crippen molar-refractivity contribution in [1.82, 2.24) is 20.0 Å². The second-order valence-corrected chi connectivity index (χ2v) is 9.68. The summed E-state index contributed by atoms with van der Waals surface area (Å²) in [5.41, 5.74) is 0.502. The lowest BCUT2D eigenvalue weighted by Crippen LogP contribution is -2.60. The number of carbonyl (C=O) groups is 3. The third-order valence-electron chi connectivity index (χ3n) is 6.88. The topological polar surface area (TPSA) is 82.2 Å². The van der Waals surface area contributed by atoms with Gasteiger partial charge in [0.1, 0.15) is 17.6 Å². The molecule has 1 unspecified atom stereocenters. The van der Waals surface area contributed by atoms with E-state index in [0.717, 1.165) is 5.56 Å². The zero-order valence-electron chi connectivity index (χ0n) is 21.0. The zero-order valence-corrected chi connectivity index (χ0v) is 21.0. The van der Waals surface area contributed by atoms with Crippen molar-refractivity contribution in [2.75, 3.05) is 46.9 Å². The first kappa shape index (κ1) is 25.8. The van der Waals surface area contributed by atoms with Crippen LogP contribution in [0, 0.1) is 12.7 Å². The number of likely N-dealkylation sites (tertiary alicyclic amines) is 1. The third-order valence-corrected chi connectivity index (χ3v) is 6.88. The second-order valence-electron chi connectivity index (χ2n) is 9.68. The minimum Gasteiger partial charge on any atom is -0.353 e. The van der Waals surface area contributed by atoms with E-state index in [1.165, 1.54) is 12.1 Å². The highest BCUT2D eigenvalue weighted by Gasteiger charge is 2.54. The highest BCUT2D eigenvalue weighted by Crippen LogP contribution is 2.39. The Morgan fingerprint density at radius 2 is 1.72 bits per heavy atom. The maximum Gasteiger partial charge on any atom is 0.256 e. The van der Waals surface area contributed by atoms with Crippen LogP contribution in [-0.2, 0) is 9.53 Å². The van der Waals surface area contributed by atoms with Crippen LogP contribution in [0.5, 0.6) is 0 Å². The van der Waals surface area contributed by atoms with E-state index in [0.29, 0.717) is 31.5 Å². The average molecular weight is 497 g/mol. The number of rotatable bonds is 6. The molecular weight excluding hydrogens is 463 g/mol. The smallest absolute Gasteiger partial charge is 0.256 e. The van der Waals surface area contributed by atoms with Gasteiger partial charge in [-0.15, -0.1) is 0 Å². The van der Waals surface area contributed by atoms with E-state index in [9.17, 15) is 18.8 Å². The maximum absolute atomic E-state index is 14.2. The molecule has 36 heavy (non-hydrogen) atoms. The Bertz CT molecular complexity index is 1110. The van der Waals surface area contributed by atoms with Crippen LogP contribution in [0.4, 0.5) is 4.39 Å². The van der Waals surface area contributed by atoms with Crippen molar-refractivity contribution in [1.29, 1.82) is 0 Å². The number of nitrogens with zero attached hydrogens (tertiary/aromatic N) is 3. The predicted octanol–water partition coefficient (Wildman–Crippen LogP) is 2.29. The Morgan fingerprint density at radius 3 is 2.36 bits per heavy atom. The van der Waals surface area contributed by atoms with Gasteiger partial charge in [-0.2, -0.15) is 0 Å². The molecule has 4 rings (SSSR count). The van der Waals surface area contributed by atoms with E-state index in [4.69, 9.17) is 4.74 Å². The van der Waals surface area contributed by atoms with Gasteiger partial charge in [0.25, 0.3) is 11.8 Å². The Labute approximate surface area is 211 Å². The van der Waals surface area contributed by atoms with Gasteiger partial charge in [-0.05, 0) is 45.3 Å². The molecule has 0 radical (unpaired) electrons. The molecule has 2 aliphatic heterocycles. The number of nitrogens with one attached hydrogen (secondary N) is 1. The van der Waals surface area contributed by atoms with Gasteiger partial charge in [-0.3, -0.25) is 19.3 Å². The summed E-state index contributed by atoms with van der Waals surface area (Å²) >= 11 is 0. The largest absolute Gasteiger partial charge is 0.353 e. The SMILES string of the molecule is Cc1ccc(C(=O)N2C(C(=O)NCCN(C)C)COC23CCN(C(=O)c2ccccc2F)CC3)cc1. The van der Waals surface area contributed by atoms with Crippen LogP contribution in [-0.4, -0.2) is 91.1 Å². The van der Waals surface area contributed by atoms with Crippen LogP contribution in [0.1, 0.15) is 39.1 Å². The third kappa shape index (κ3) is 5.27. The lowest BCUT2D eigenvalue weighted by molar-refractivity contribution is -0.128. The number of halogens is 1. The molecule has 0 aromatic heterocycles. The highest BCUT2D eigenvalue weighted by atomic mass is 19.1. The molecule has 2 aromatic carbocycles. The molecular formula is C27H33FN4O4. The molecule has 192 valence electrons. The van der Waals surface area contributed by atoms with Gasteiger partial charge in [0, 0.05) is 44.6 Å². The Balaban J connectivity index is 1.55. The molecule has 2 heterocycles. The van der Waals surface area contributed by atoms with Crippen molar-refractivity contribution in [3.05, 3.63) is 71.0 Å². The summed E-state index contributed by atoms with van der Waals surface area (Å²) in [6.45, 7) is 3.70. The standard InChI is InChI=1S/C27H33FN4O4/c1-19-8-10-20(11-9-19)25(34)32-23(24(33)29-14-17-30(2)3)18-36-27(32)12-15-31(16-13-27)26(35)21-6-4-5-7-22(21)28/h4-11,23H,12-18H2,1-3H3,(H,29,33). The molecule has 1 atom stereocenters. The number of hydrogen-bond acceptors (Lipinski definition) is 5. The number of piperidine rings is 1. The van der Waals surface area contributed by atoms with Crippen molar-refractivity contribution in [2.24, 2.45) is 0 Å². The summed E-state index contributed by atoms with van der Waals surface area (Å²) in [4.78, 5) is 44.9. The normalized spacial score (nSPS) is 19.1. The van der Waals surface area contributed by atoms with Gasteiger partial charge in [-0.25, -0.2) is 4.39 Å². The highest BCUT2D eigenvalue weighted by molar-refractivity contribution is 5.98. The molecule has 8 nitrogen and oxygen atoms in total. The summed E-state index contributed by atoms with van der Waals surface area (Å²) in [6.07, 6.45) is 0.651. The summed E-state index contributed by atoms with van der Waals surface area (Å²) in [7, 11) is 3.84. The number of aryl methyl sites for hydroxylation is 1. The number of benzene rings is 2. The van der Waals surface area contributed by atoms with E-state index in [-0.39, 0.29) is 37.1 Å². The van der Waals surface area contributed by atoms with E-state index < -0.39 is 23.5 Å². The molecule has 0 bridgehead atoms. The molecule has 2 saturated heterocycles. The number of likely N-dealkylation sites (N-methyl/N-ethyl adjacent to an activating group) is 1. The van der Waals surface area contributed by atoms with Crippen LogP contribution < -0.4 is 5.32 Å². The van der Waals surface area contributed by atoms with E-state index in [1.807, 2.05) is 38.1 Å². The van der Waals surface area contributed by atoms with E-state index >= 15 is 0 Å². The molecule has 1 spiro atoms. The first-order chi connectivity index (χ1) is 17.2. The Hall–Kier alpha value is -3.30. The van der Waals surface area contributed by atoms with Crippen molar-refractivity contribution in [2.45, 2.75) is 31.5 Å². The molecule has 3 amide bonds. The number of amides is 3. The van der Waals surface area contributed by atoms with E-state index in [2.05, 4.69) is 5.32 Å². The summed E-state index contributed by atoms with van der Waals surface area (Å²) in [6, 6.07) is 12.3. The average Bonchev–Trinajstić information content (AvgIpc) is 3.22. The second kappa shape index (κ2) is 10.8. The number of carbonyl (C=O) groups excluding carboxylic acids is 3. The number of ether oxygens (including phenoxy) is 1. The lowest BCUT2D eigenvalue weighted by Gasteiger charge is -2.44. The van der Waals surface area contributed by atoms with Gasteiger partial charge < -0.3 is 19.9 Å². The molecule has 0 saturated carbocycles. The van der Waals surface area contributed by atoms with Crippen LogP contribution in [0.2, 0.25) is 0 Å². The minimum absolute atomic E-state index is 0.0199. The van der Waals surface area contributed by atoms with Crippen molar-refractivity contribution in [3.63, 3.8) is 0 Å². The van der Waals surface area contributed by atoms with Gasteiger partial charge in [-0.1, -0.05) is 29.8 Å². The van der Waals surface area contributed by atoms with Crippen molar-refractivity contribution >= 4 is 17.7 Å². The summed E-state index contributed by atoms with van der Waals surface area (Å²) in [5.74, 6) is -1.51. The summed E-state index contributed by atoms with van der Waals surface area (Å²) < 4.78 is 20.4. The fraction of sp³-hybridized carbons (Fsp3) is 0.444. The maximum atomic E-state index is 14.2. The van der Waals surface area contributed by atoms with Crippen molar-refractivity contribution in [3.8, 4) is 0 Å². The summed E-state index contributed by atoms with van der Waals surface area (Å²) in [5, 5.41) is 2.92. The molecule has 2 fully saturated rings. The number of hydrogen-bond donors (Lipinski definition) is 1. The monoisotopic (exact) mass is 496 g/mol. The zero-order chi connectivity index (χ0) is 25.9. The molecule has 9 heteroatoms. The lowest BCUT2D eigenvalue weighted by atomic mass is 9.96. The Kier molecular flexibility index (Phi) is 7.70. The van der Waals surface area contributed by atoms with E-state index in [1.54, 1.807) is 34.1 Å². The first-order valence-corrected chi connectivity index (χ1v) is 12.2. The predicted molar refractivity (Wildman–Crippen MR) is 133 cm³/mol. The minimum atomic E-state index is -1.02. The van der Waals surface area contributed by atoms with Crippen LogP contribution in [0.25, 0.3) is 0 Å². The quantitative estimate of drug-likeness (QED) is 0.664. The van der Waals surface area contributed by atoms with Crippen LogP contribution in [0.15, 0.2) is 48.5 Å². The van der Waals surface area contributed by atoms with Gasteiger partial charge in [0.15, 0.2) is 0 Å². The van der Waals surface area contributed by atoms with Crippen LogP contribution in [0.3, 0.4) is 0 Å². The molecule has 1 N–H and O–H groups in total. The van der Waals surface area contributed by atoms with Crippen molar-refractivity contribution < 1.29 is 23.5 Å². The Morgan fingerprint density at radius 1 is 1.06 bits per heavy atom. The molecule has 2 aliphatic rings. The van der Waals surface area contributed by atoms with Gasteiger partial charge in [0.2, 0.25) is 5.91 Å². The first-order valence-electron chi connectivity index (χ1n) is 12.2.